The number of sulfone groups is 1. The van der Waals surface area contributed by atoms with Gasteiger partial charge >= 0.3 is 6.61 Å². The lowest BCUT2D eigenvalue weighted by molar-refractivity contribution is -0.385. The summed E-state index contributed by atoms with van der Waals surface area (Å²) in [5, 5.41) is 11.4. The van der Waals surface area contributed by atoms with Gasteiger partial charge in [0.05, 0.1) is 17.3 Å². The molecule has 2 rings (SSSR count). The summed E-state index contributed by atoms with van der Waals surface area (Å²) < 4.78 is 59.6. The SMILES string of the molecule is CCOc1cc(C(Cc2ccc(Br)cc2[N+](=O)[O-])CS(C)(=O)=O)ccc1OC(F)F. The van der Waals surface area contributed by atoms with Crippen LogP contribution in [-0.4, -0.2) is 38.6 Å². The third-order valence-electron chi connectivity index (χ3n) is 4.17. The van der Waals surface area contributed by atoms with E-state index in [1.54, 1.807) is 19.1 Å². The molecular formula is C19H20BrF2NO6S. The van der Waals surface area contributed by atoms with Gasteiger partial charge in [0.25, 0.3) is 5.69 Å². The number of nitrogens with zero attached hydrogens (tertiary/aromatic N) is 1. The molecule has 0 radical (unpaired) electrons. The molecule has 0 aliphatic heterocycles. The first kappa shape index (κ1) is 24.0. The van der Waals surface area contributed by atoms with Crippen molar-refractivity contribution in [3.8, 4) is 11.5 Å². The molecule has 0 saturated heterocycles. The number of halogens is 3. The second kappa shape index (κ2) is 10.2. The minimum atomic E-state index is -3.46. The smallest absolute Gasteiger partial charge is 0.387 e. The van der Waals surface area contributed by atoms with Gasteiger partial charge in [0.2, 0.25) is 0 Å². The van der Waals surface area contributed by atoms with Crippen molar-refractivity contribution in [2.45, 2.75) is 25.9 Å². The van der Waals surface area contributed by atoms with Crippen LogP contribution in [0.5, 0.6) is 11.5 Å². The predicted molar refractivity (Wildman–Crippen MR) is 111 cm³/mol. The molecule has 0 bridgehead atoms. The van der Waals surface area contributed by atoms with E-state index in [-0.39, 0.29) is 36.0 Å². The van der Waals surface area contributed by atoms with Crippen LogP contribution in [-0.2, 0) is 16.3 Å². The molecule has 11 heteroatoms. The van der Waals surface area contributed by atoms with E-state index in [0.717, 1.165) is 6.26 Å². The topological polar surface area (TPSA) is 95.7 Å². The van der Waals surface area contributed by atoms with E-state index in [0.29, 0.717) is 15.6 Å². The fraction of sp³-hybridized carbons (Fsp3) is 0.368. The van der Waals surface area contributed by atoms with Crippen LogP contribution in [0.15, 0.2) is 40.9 Å². The molecule has 0 saturated carbocycles. The molecule has 0 heterocycles. The van der Waals surface area contributed by atoms with Gasteiger partial charge in [0.1, 0.15) is 9.84 Å². The summed E-state index contributed by atoms with van der Waals surface area (Å²) in [4.78, 5) is 10.9. The Morgan fingerprint density at radius 2 is 1.87 bits per heavy atom. The number of rotatable bonds is 10. The lowest BCUT2D eigenvalue weighted by Gasteiger charge is -2.19. The molecule has 0 aliphatic carbocycles. The lowest BCUT2D eigenvalue weighted by Crippen LogP contribution is -2.17. The first-order chi connectivity index (χ1) is 14.0. The summed E-state index contributed by atoms with van der Waals surface area (Å²) in [6.07, 6.45) is 1.12. The van der Waals surface area contributed by atoms with Gasteiger partial charge in [-0.25, -0.2) is 8.42 Å². The van der Waals surface area contributed by atoms with E-state index >= 15 is 0 Å². The Morgan fingerprint density at radius 3 is 2.43 bits per heavy atom. The second-order valence-corrected chi connectivity index (χ2v) is 9.64. The van der Waals surface area contributed by atoms with E-state index in [2.05, 4.69) is 20.7 Å². The number of benzene rings is 2. The van der Waals surface area contributed by atoms with Crippen LogP contribution in [0.3, 0.4) is 0 Å². The average molecular weight is 508 g/mol. The Balaban J connectivity index is 2.50. The number of nitro groups is 1. The molecule has 1 atom stereocenters. The number of nitro benzene ring substituents is 1. The molecule has 0 aromatic heterocycles. The Hall–Kier alpha value is -2.27. The van der Waals surface area contributed by atoms with Crippen molar-refractivity contribution >= 4 is 31.5 Å². The highest BCUT2D eigenvalue weighted by atomic mass is 79.9. The number of alkyl halides is 2. The van der Waals surface area contributed by atoms with Crippen LogP contribution in [0.4, 0.5) is 14.5 Å². The monoisotopic (exact) mass is 507 g/mol. The van der Waals surface area contributed by atoms with Gasteiger partial charge in [-0.3, -0.25) is 10.1 Å². The molecule has 0 amide bonds. The lowest BCUT2D eigenvalue weighted by atomic mass is 9.92. The summed E-state index contributed by atoms with van der Waals surface area (Å²) >= 11 is 3.19. The zero-order chi connectivity index (χ0) is 22.5. The maximum absolute atomic E-state index is 12.6. The minimum Gasteiger partial charge on any atom is -0.490 e. The van der Waals surface area contributed by atoms with Crippen molar-refractivity contribution in [1.29, 1.82) is 0 Å². The van der Waals surface area contributed by atoms with Crippen molar-refractivity contribution in [2.24, 2.45) is 0 Å². The first-order valence-electron chi connectivity index (χ1n) is 8.82. The Kier molecular flexibility index (Phi) is 8.13. The number of hydrogen-bond donors (Lipinski definition) is 0. The number of hydrogen-bond acceptors (Lipinski definition) is 6. The van der Waals surface area contributed by atoms with E-state index in [4.69, 9.17) is 4.74 Å². The van der Waals surface area contributed by atoms with Gasteiger partial charge in [0.15, 0.2) is 11.5 Å². The maximum Gasteiger partial charge on any atom is 0.387 e. The Morgan fingerprint density at radius 1 is 1.17 bits per heavy atom. The summed E-state index contributed by atoms with van der Waals surface area (Å²) in [6, 6.07) is 8.69. The molecule has 164 valence electrons. The quantitative estimate of drug-likeness (QED) is 0.340. The standard InChI is InChI=1S/C19H20BrF2NO6S/c1-3-28-18-9-12(5-7-17(18)29-19(21)22)14(11-30(2,26)27)8-13-4-6-15(20)10-16(13)23(24)25/h4-7,9-10,14,19H,3,8,11H2,1-2H3. The van der Waals surface area contributed by atoms with Gasteiger partial charge in [-0.2, -0.15) is 8.78 Å². The second-order valence-electron chi connectivity index (χ2n) is 6.54. The molecule has 0 fully saturated rings. The molecule has 0 aliphatic rings. The minimum absolute atomic E-state index is 0.0408. The molecular weight excluding hydrogens is 488 g/mol. The average Bonchev–Trinajstić information content (AvgIpc) is 2.62. The van der Waals surface area contributed by atoms with Crippen molar-refractivity contribution < 1.29 is 31.6 Å². The highest BCUT2D eigenvalue weighted by molar-refractivity contribution is 9.10. The fourth-order valence-corrected chi connectivity index (χ4v) is 4.41. The van der Waals surface area contributed by atoms with E-state index in [1.807, 2.05) is 0 Å². The van der Waals surface area contributed by atoms with E-state index in [1.165, 1.54) is 24.3 Å². The normalized spacial score (nSPS) is 12.6. The van der Waals surface area contributed by atoms with Crippen LogP contribution in [0.1, 0.15) is 24.0 Å². The molecule has 7 nitrogen and oxygen atoms in total. The Bertz CT molecular complexity index is 1020. The van der Waals surface area contributed by atoms with Gasteiger partial charge in [-0.05, 0) is 37.1 Å². The van der Waals surface area contributed by atoms with E-state index < -0.39 is 27.3 Å². The zero-order valence-electron chi connectivity index (χ0n) is 16.2. The van der Waals surface area contributed by atoms with Gasteiger partial charge in [0, 0.05) is 28.3 Å². The summed E-state index contributed by atoms with van der Waals surface area (Å²) in [5.74, 6) is -1.09. The van der Waals surface area contributed by atoms with Gasteiger partial charge in [-0.1, -0.05) is 28.1 Å². The van der Waals surface area contributed by atoms with E-state index in [9.17, 15) is 27.3 Å². The van der Waals surface area contributed by atoms with Gasteiger partial charge in [-0.15, -0.1) is 0 Å². The zero-order valence-corrected chi connectivity index (χ0v) is 18.6. The predicted octanol–water partition coefficient (Wildman–Crippen LogP) is 4.73. The van der Waals surface area contributed by atoms with Crippen LogP contribution in [0, 0.1) is 10.1 Å². The van der Waals surface area contributed by atoms with Crippen molar-refractivity contribution in [1.82, 2.24) is 0 Å². The third-order valence-corrected chi connectivity index (χ3v) is 5.67. The Labute approximate surface area is 181 Å². The van der Waals surface area contributed by atoms with Crippen LogP contribution in [0.2, 0.25) is 0 Å². The molecule has 30 heavy (non-hydrogen) atoms. The summed E-state index contributed by atoms with van der Waals surface area (Å²) in [6.45, 7) is -1.21. The summed E-state index contributed by atoms with van der Waals surface area (Å²) in [5.41, 5.74) is 0.677. The van der Waals surface area contributed by atoms with Crippen LogP contribution in [0.25, 0.3) is 0 Å². The highest BCUT2D eigenvalue weighted by Crippen LogP contribution is 2.35. The molecule has 0 spiro atoms. The highest BCUT2D eigenvalue weighted by Gasteiger charge is 2.24. The van der Waals surface area contributed by atoms with Gasteiger partial charge < -0.3 is 9.47 Å². The van der Waals surface area contributed by atoms with Crippen LogP contribution >= 0.6 is 15.9 Å². The van der Waals surface area contributed by atoms with Crippen molar-refractivity contribution in [3.05, 3.63) is 62.1 Å². The molecule has 2 aromatic carbocycles. The van der Waals surface area contributed by atoms with Crippen molar-refractivity contribution in [2.75, 3.05) is 18.6 Å². The molecule has 1 unspecified atom stereocenters. The molecule has 2 aromatic rings. The number of ether oxygens (including phenoxy) is 2. The van der Waals surface area contributed by atoms with Crippen molar-refractivity contribution in [3.63, 3.8) is 0 Å². The van der Waals surface area contributed by atoms with Crippen LogP contribution < -0.4 is 9.47 Å². The first-order valence-corrected chi connectivity index (χ1v) is 11.7. The third kappa shape index (κ3) is 6.91. The maximum atomic E-state index is 12.6. The largest absolute Gasteiger partial charge is 0.490 e. The molecule has 0 N–H and O–H groups in total. The fourth-order valence-electron chi connectivity index (χ4n) is 3.02. The summed E-state index contributed by atoms with van der Waals surface area (Å²) in [7, 11) is -3.46.